The fourth-order valence-electron chi connectivity index (χ4n) is 5.90. The lowest BCUT2D eigenvalue weighted by molar-refractivity contribution is 0.664. The van der Waals surface area contributed by atoms with Crippen molar-refractivity contribution in [2.75, 3.05) is 0 Å². The van der Waals surface area contributed by atoms with Gasteiger partial charge in [-0.25, -0.2) is 0 Å². The van der Waals surface area contributed by atoms with Crippen LogP contribution in [0.3, 0.4) is 0 Å². The van der Waals surface area contributed by atoms with E-state index in [1.807, 2.05) is 12.3 Å². The highest BCUT2D eigenvalue weighted by atomic mass is 15.0. The van der Waals surface area contributed by atoms with Crippen molar-refractivity contribution in [3.05, 3.63) is 120 Å². The summed E-state index contributed by atoms with van der Waals surface area (Å²) in [5.41, 5.74) is 12.4. The molecule has 0 unspecified atom stereocenters. The molecule has 2 nitrogen and oxygen atoms in total. The van der Waals surface area contributed by atoms with Gasteiger partial charge in [0.2, 0.25) is 0 Å². The van der Waals surface area contributed by atoms with Crippen LogP contribution in [0.25, 0.3) is 49.9 Å². The highest BCUT2D eigenvalue weighted by Gasteiger charge is 2.38. The van der Waals surface area contributed by atoms with E-state index in [0.717, 1.165) is 16.7 Å². The minimum Gasteiger partial charge on any atom is -0.307 e. The van der Waals surface area contributed by atoms with E-state index >= 15 is 0 Å². The maximum Gasteiger partial charge on any atom is 0.0963 e. The largest absolute Gasteiger partial charge is 0.307 e. The zero-order valence-electron chi connectivity index (χ0n) is 19.3. The van der Waals surface area contributed by atoms with Crippen LogP contribution in [0.15, 0.2) is 109 Å². The molecular weight excluding hydrogens is 412 g/mol. The van der Waals surface area contributed by atoms with Crippen LogP contribution in [-0.2, 0) is 5.41 Å². The van der Waals surface area contributed by atoms with Crippen LogP contribution in [0.4, 0.5) is 0 Å². The Morgan fingerprint density at radius 3 is 2.35 bits per heavy atom. The Kier molecular flexibility index (Phi) is 3.93. The standard InChI is InChI=1S/C32H24N2/c1-32(2)27-15-7-6-14-24(27)25-17-18-26-30-28(16-9-19-33-30)34(31(26)29(25)32)23-13-8-12-22(20-23)21-10-4-3-5-11-21/h3-20H,1-2H3. The first kappa shape index (κ1) is 19.3. The highest BCUT2D eigenvalue weighted by molar-refractivity contribution is 6.11. The molecule has 0 aliphatic heterocycles. The molecule has 2 heterocycles. The van der Waals surface area contributed by atoms with Crippen molar-refractivity contribution in [2.45, 2.75) is 19.3 Å². The van der Waals surface area contributed by atoms with Crippen LogP contribution in [0.5, 0.6) is 0 Å². The van der Waals surface area contributed by atoms with Gasteiger partial charge in [-0.2, -0.15) is 0 Å². The number of benzene rings is 4. The Balaban J connectivity index is 1.61. The number of rotatable bonds is 2. The summed E-state index contributed by atoms with van der Waals surface area (Å²) in [5.74, 6) is 0. The van der Waals surface area contributed by atoms with E-state index in [-0.39, 0.29) is 5.41 Å². The predicted molar refractivity (Wildman–Crippen MR) is 142 cm³/mol. The van der Waals surface area contributed by atoms with Crippen LogP contribution < -0.4 is 0 Å². The minimum absolute atomic E-state index is 0.103. The first-order valence-electron chi connectivity index (χ1n) is 11.8. The summed E-state index contributed by atoms with van der Waals surface area (Å²) < 4.78 is 2.43. The van der Waals surface area contributed by atoms with Gasteiger partial charge in [0.15, 0.2) is 0 Å². The van der Waals surface area contributed by atoms with Gasteiger partial charge in [0.05, 0.1) is 16.6 Å². The van der Waals surface area contributed by atoms with Crippen molar-refractivity contribution < 1.29 is 0 Å². The van der Waals surface area contributed by atoms with Gasteiger partial charge in [-0.3, -0.25) is 4.98 Å². The summed E-state index contributed by atoms with van der Waals surface area (Å²) >= 11 is 0. The normalized spacial score (nSPS) is 13.8. The van der Waals surface area contributed by atoms with E-state index in [1.165, 1.54) is 44.3 Å². The second-order valence-electron chi connectivity index (χ2n) is 9.68. The lowest BCUT2D eigenvalue weighted by atomic mass is 9.81. The second-order valence-corrected chi connectivity index (χ2v) is 9.68. The molecular formula is C32H24N2. The monoisotopic (exact) mass is 436 g/mol. The van der Waals surface area contributed by atoms with Crippen molar-refractivity contribution in [3.8, 4) is 27.9 Å². The molecule has 0 N–H and O–H groups in total. The number of hydrogen-bond acceptors (Lipinski definition) is 1. The van der Waals surface area contributed by atoms with Crippen molar-refractivity contribution >= 4 is 21.9 Å². The van der Waals surface area contributed by atoms with Crippen LogP contribution >= 0.6 is 0 Å². The van der Waals surface area contributed by atoms with E-state index in [2.05, 4.69) is 115 Å². The number of nitrogens with zero attached hydrogens (tertiary/aromatic N) is 2. The van der Waals surface area contributed by atoms with E-state index in [4.69, 9.17) is 4.98 Å². The molecule has 0 fully saturated rings. The smallest absolute Gasteiger partial charge is 0.0963 e. The number of hydrogen-bond donors (Lipinski definition) is 0. The molecule has 2 heteroatoms. The van der Waals surface area contributed by atoms with Crippen molar-refractivity contribution in [3.63, 3.8) is 0 Å². The van der Waals surface area contributed by atoms with Crippen LogP contribution in [0, 0.1) is 0 Å². The van der Waals surface area contributed by atoms with Crippen molar-refractivity contribution in [1.29, 1.82) is 0 Å². The van der Waals surface area contributed by atoms with E-state index in [9.17, 15) is 0 Å². The first-order chi connectivity index (χ1) is 16.6. The van der Waals surface area contributed by atoms with Gasteiger partial charge in [0.1, 0.15) is 0 Å². The molecule has 0 amide bonds. The third-order valence-electron chi connectivity index (χ3n) is 7.41. The number of fused-ring (bicyclic) bond motifs is 7. The fraction of sp³-hybridized carbons (Fsp3) is 0.0938. The molecule has 1 aliphatic carbocycles. The number of pyridine rings is 1. The molecule has 0 atom stereocenters. The van der Waals surface area contributed by atoms with Gasteiger partial charge in [0.25, 0.3) is 0 Å². The molecule has 0 radical (unpaired) electrons. The molecule has 162 valence electrons. The first-order valence-corrected chi connectivity index (χ1v) is 11.8. The molecule has 34 heavy (non-hydrogen) atoms. The Morgan fingerprint density at radius 2 is 1.47 bits per heavy atom. The summed E-state index contributed by atoms with van der Waals surface area (Å²) in [6, 6.07) is 37.1. The average molecular weight is 437 g/mol. The van der Waals surface area contributed by atoms with Gasteiger partial charge in [0, 0.05) is 22.7 Å². The van der Waals surface area contributed by atoms with Crippen LogP contribution in [0.1, 0.15) is 25.0 Å². The van der Waals surface area contributed by atoms with Crippen LogP contribution in [-0.4, -0.2) is 9.55 Å². The molecule has 2 aromatic heterocycles. The summed E-state index contributed by atoms with van der Waals surface area (Å²) in [7, 11) is 0. The average Bonchev–Trinajstić information content (AvgIpc) is 3.34. The quantitative estimate of drug-likeness (QED) is 0.268. The molecule has 0 spiro atoms. The summed E-state index contributed by atoms with van der Waals surface area (Å²) in [4.78, 5) is 4.84. The summed E-state index contributed by atoms with van der Waals surface area (Å²) in [5, 5.41) is 1.21. The Morgan fingerprint density at radius 1 is 0.676 bits per heavy atom. The number of aromatic nitrogens is 2. The Hall–Kier alpha value is -4.17. The van der Waals surface area contributed by atoms with Gasteiger partial charge >= 0.3 is 0 Å². The van der Waals surface area contributed by atoms with E-state index in [1.54, 1.807) is 0 Å². The highest BCUT2D eigenvalue weighted by Crippen LogP contribution is 2.52. The minimum atomic E-state index is -0.103. The van der Waals surface area contributed by atoms with Gasteiger partial charge in [-0.1, -0.05) is 86.6 Å². The fourth-order valence-corrected chi connectivity index (χ4v) is 5.90. The molecule has 6 aromatic rings. The van der Waals surface area contributed by atoms with Gasteiger partial charge in [-0.05, 0) is 63.7 Å². The maximum atomic E-state index is 4.84. The Bertz CT molecular complexity index is 1720. The van der Waals surface area contributed by atoms with Crippen molar-refractivity contribution in [2.24, 2.45) is 0 Å². The van der Waals surface area contributed by atoms with Crippen molar-refractivity contribution in [1.82, 2.24) is 9.55 Å². The zero-order chi connectivity index (χ0) is 22.9. The molecule has 0 saturated heterocycles. The van der Waals surface area contributed by atoms with Gasteiger partial charge < -0.3 is 4.57 Å². The van der Waals surface area contributed by atoms with E-state index < -0.39 is 0 Å². The lowest BCUT2D eigenvalue weighted by Crippen LogP contribution is -2.16. The summed E-state index contributed by atoms with van der Waals surface area (Å²) in [6.07, 6.45) is 1.90. The van der Waals surface area contributed by atoms with Crippen LogP contribution in [0.2, 0.25) is 0 Å². The maximum absolute atomic E-state index is 4.84. The third kappa shape index (κ3) is 2.54. The molecule has 4 aromatic carbocycles. The predicted octanol–water partition coefficient (Wildman–Crippen LogP) is 8.15. The van der Waals surface area contributed by atoms with E-state index in [0.29, 0.717) is 0 Å². The molecule has 7 rings (SSSR count). The van der Waals surface area contributed by atoms with Gasteiger partial charge in [-0.15, -0.1) is 0 Å². The lowest BCUT2D eigenvalue weighted by Gasteiger charge is -2.23. The summed E-state index contributed by atoms with van der Waals surface area (Å²) in [6.45, 7) is 4.71. The Labute approximate surface area is 199 Å². The SMILES string of the molecule is CC1(C)c2ccccc2-c2ccc3c4ncccc4n(-c4cccc(-c5ccccc5)c4)c3c21. The zero-order valence-corrected chi connectivity index (χ0v) is 19.3. The molecule has 1 aliphatic rings. The third-order valence-corrected chi connectivity index (χ3v) is 7.41. The second kappa shape index (κ2) is 6.91. The topological polar surface area (TPSA) is 17.8 Å². The molecule has 0 bridgehead atoms. The molecule has 0 saturated carbocycles.